The van der Waals surface area contributed by atoms with Crippen LogP contribution < -0.4 is 10.0 Å². The van der Waals surface area contributed by atoms with E-state index in [1.165, 1.54) is 11.1 Å². The van der Waals surface area contributed by atoms with Gasteiger partial charge < -0.3 is 14.4 Å². The third-order valence-corrected chi connectivity index (χ3v) is 11.3. The lowest BCUT2D eigenvalue weighted by Gasteiger charge is -2.52. The molecule has 5 rings (SSSR count). The Labute approximate surface area is 203 Å². The molecule has 1 N–H and O–H groups in total. The van der Waals surface area contributed by atoms with E-state index in [0.29, 0.717) is 36.1 Å². The van der Waals surface area contributed by atoms with Gasteiger partial charge in [0.1, 0.15) is 5.75 Å². The second kappa shape index (κ2) is 8.97. The highest BCUT2D eigenvalue weighted by atomic mass is 31.2. The molecule has 34 heavy (non-hydrogen) atoms. The zero-order valence-corrected chi connectivity index (χ0v) is 21.5. The van der Waals surface area contributed by atoms with E-state index in [1.54, 1.807) is 12.9 Å². The summed E-state index contributed by atoms with van der Waals surface area (Å²) < 4.78 is 25.0. The first kappa shape index (κ1) is 23.9. The zero-order chi connectivity index (χ0) is 24.0. The SMILES string of the molecule is CCOP(=O)(/C=C/[C@]1(O)CC[C@H]2[C@@H]3CCc4cc(OC)ccc4[C@H]3CC[C@@]21C)c1ccccc1. The van der Waals surface area contributed by atoms with Gasteiger partial charge in [0.05, 0.1) is 19.3 Å². The maximum Gasteiger partial charge on any atom is 0.254 e. The second-order valence-corrected chi connectivity index (χ2v) is 12.8. The molecule has 3 aliphatic carbocycles. The van der Waals surface area contributed by atoms with Crippen molar-refractivity contribution in [2.75, 3.05) is 13.7 Å². The van der Waals surface area contributed by atoms with Crippen molar-refractivity contribution in [3.8, 4) is 5.75 Å². The molecule has 6 atom stereocenters. The standard InChI is InChI=1S/C29H37O4P/c1-4-33-34(31,23-8-6-5-7-9-23)19-18-29(30)17-15-27-26-12-10-21-20-22(32-3)11-13-24(21)25(26)14-16-28(27,29)2/h5-9,11,13,18-20,25-27,30H,4,10,12,14-17H2,1-3H3/b19-18+/t25-,26-,27+,28+,29-,34?/m1/s1. The smallest absolute Gasteiger partial charge is 0.254 e. The largest absolute Gasteiger partial charge is 0.497 e. The summed E-state index contributed by atoms with van der Waals surface area (Å²) >= 11 is 0. The normalized spacial score (nSPS) is 34.2. The lowest BCUT2D eigenvalue weighted by molar-refractivity contribution is -0.0709. The molecular weight excluding hydrogens is 443 g/mol. The third-order valence-electron chi connectivity index (χ3n) is 9.13. The number of methoxy groups -OCH3 is 1. The predicted molar refractivity (Wildman–Crippen MR) is 137 cm³/mol. The van der Waals surface area contributed by atoms with Gasteiger partial charge in [-0.3, -0.25) is 4.57 Å². The molecule has 0 amide bonds. The Balaban J connectivity index is 1.43. The Morgan fingerprint density at radius 1 is 1.12 bits per heavy atom. The maximum absolute atomic E-state index is 13.8. The Kier molecular flexibility index (Phi) is 6.29. The average molecular weight is 481 g/mol. The van der Waals surface area contributed by atoms with Gasteiger partial charge in [0.25, 0.3) is 7.37 Å². The Hall–Kier alpha value is -1.87. The molecule has 3 aliphatic rings. The number of fused-ring (bicyclic) bond motifs is 5. The van der Waals surface area contributed by atoms with E-state index in [9.17, 15) is 9.67 Å². The van der Waals surface area contributed by atoms with Gasteiger partial charge in [-0.2, -0.15) is 0 Å². The lowest BCUT2D eigenvalue weighted by Crippen LogP contribution is -2.49. The summed E-state index contributed by atoms with van der Waals surface area (Å²) in [5.74, 6) is 4.22. The topological polar surface area (TPSA) is 55.8 Å². The summed E-state index contributed by atoms with van der Waals surface area (Å²) in [5.41, 5.74) is 1.72. The van der Waals surface area contributed by atoms with Gasteiger partial charge in [0, 0.05) is 16.5 Å². The first-order valence-corrected chi connectivity index (χ1v) is 14.4. The van der Waals surface area contributed by atoms with Gasteiger partial charge in [-0.1, -0.05) is 31.2 Å². The molecule has 182 valence electrons. The summed E-state index contributed by atoms with van der Waals surface area (Å²) in [6.07, 6.45) is 7.84. The molecule has 0 saturated heterocycles. The number of hydrogen-bond donors (Lipinski definition) is 1. The third kappa shape index (κ3) is 3.79. The van der Waals surface area contributed by atoms with E-state index < -0.39 is 13.0 Å². The van der Waals surface area contributed by atoms with Crippen LogP contribution in [0, 0.1) is 17.3 Å². The fourth-order valence-corrected chi connectivity index (χ4v) is 9.08. The minimum atomic E-state index is -3.18. The molecule has 2 aromatic carbocycles. The van der Waals surface area contributed by atoms with Gasteiger partial charge in [-0.25, -0.2) is 0 Å². The van der Waals surface area contributed by atoms with Crippen LogP contribution in [0.15, 0.2) is 60.4 Å². The number of rotatable bonds is 6. The van der Waals surface area contributed by atoms with Crippen molar-refractivity contribution in [3.05, 3.63) is 71.6 Å². The van der Waals surface area contributed by atoms with Crippen LogP contribution >= 0.6 is 7.37 Å². The quantitative estimate of drug-likeness (QED) is 0.484. The van der Waals surface area contributed by atoms with Crippen LogP contribution in [0.3, 0.4) is 0 Å². The monoisotopic (exact) mass is 480 g/mol. The molecule has 0 spiro atoms. The molecule has 0 radical (unpaired) electrons. The molecule has 1 unspecified atom stereocenters. The van der Waals surface area contributed by atoms with Crippen molar-refractivity contribution in [1.29, 1.82) is 0 Å². The van der Waals surface area contributed by atoms with Crippen LogP contribution in [0.25, 0.3) is 0 Å². The van der Waals surface area contributed by atoms with Crippen LogP contribution in [0.5, 0.6) is 5.75 Å². The van der Waals surface area contributed by atoms with Crippen LogP contribution in [-0.2, 0) is 15.5 Å². The summed E-state index contributed by atoms with van der Waals surface area (Å²) in [4.78, 5) is 0. The summed E-state index contributed by atoms with van der Waals surface area (Å²) in [6, 6.07) is 16.0. The zero-order valence-electron chi connectivity index (χ0n) is 20.6. The molecule has 0 aliphatic heterocycles. The Morgan fingerprint density at radius 3 is 2.65 bits per heavy atom. The summed E-state index contributed by atoms with van der Waals surface area (Å²) in [7, 11) is -1.45. The van der Waals surface area contributed by atoms with Gasteiger partial charge >= 0.3 is 0 Å². The molecule has 2 fully saturated rings. The first-order valence-electron chi connectivity index (χ1n) is 12.7. The van der Waals surface area contributed by atoms with Crippen molar-refractivity contribution in [1.82, 2.24) is 0 Å². The van der Waals surface area contributed by atoms with Crippen molar-refractivity contribution in [3.63, 3.8) is 0 Å². The minimum absolute atomic E-state index is 0.220. The number of aryl methyl sites for hydroxylation is 1. The van der Waals surface area contributed by atoms with E-state index in [2.05, 4.69) is 25.1 Å². The van der Waals surface area contributed by atoms with Gasteiger partial charge in [-0.05, 0) is 105 Å². The molecular formula is C29H37O4P. The van der Waals surface area contributed by atoms with E-state index in [0.717, 1.165) is 37.9 Å². The lowest BCUT2D eigenvalue weighted by atomic mass is 9.53. The first-order chi connectivity index (χ1) is 16.3. The molecule has 2 saturated carbocycles. The van der Waals surface area contributed by atoms with E-state index in [1.807, 2.05) is 43.3 Å². The molecule has 2 aromatic rings. The number of aliphatic hydroxyl groups is 1. The molecule has 0 bridgehead atoms. The van der Waals surface area contributed by atoms with Crippen molar-refractivity contribution in [2.24, 2.45) is 17.3 Å². The van der Waals surface area contributed by atoms with E-state index in [-0.39, 0.29) is 5.41 Å². The average Bonchev–Trinajstić information content (AvgIpc) is 3.14. The molecule has 4 nitrogen and oxygen atoms in total. The molecule has 0 aromatic heterocycles. The van der Waals surface area contributed by atoms with Crippen LogP contribution in [0.4, 0.5) is 0 Å². The van der Waals surface area contributed by atoms with E-state index >= 15 is 0 Å². The van der Waals surface area contributed by atoms with E-state index in [4.69, 9.17) is 9.26 Å². The maximum atomic E-state index is 13.8. The number of ether oxygens (including phenoxy) is 1. The van der Waals surface area contributed by atoms with Crippen LogP contribution in [0.1, 0.15) is 63.0 Å². The highest BCUT2D eigenvalue weighted by Crippen LogP contribution is 2.65. The second-order valence-electron chi connectivity index (χ2n) is 10.6. The van der Waals surface area contributed by atoms with Crippen molar-refractivity contribution in [2.45, 2.75) is 63.9 Å². The van der Waals surface area contributed by atoms with Gasteiger partial charge in [0.15, 0.2) is 0 Å². The highest BCUT2D eigenvalue weighted by molar-refractivity contribution is 7.70. The fourth-order valence-electron chi connectivity index (χ4n) is 7.26. The predicted octanol–water partition coefficient (Wildman–Crippen LogP) is 6.44. The van der Waals surface area contributed by atoms with Crippen LogP contribution in [-0.4, -0.2) is 24.4 Å². The highest BCUT2D eigenvalue weighted by Gasteiger charge is 2.60. The molecule has 5 heteroatoms. The summed E-state index contributed by atoms with van der Waals surface area (Å²) in [5, 5.41) is 12.7. The fraction of sp³-hybridized carbons (Fsp3) is 0.517. The number of benzene rings is 2. The van der Waals surface area contributed by atoms with Crippen LogP contribution in [0.2, 0.25) is 0 Å². The van der Waals surface area contributed by atoms with Crippen molar-refractivity contribution >= 4 is 12.7 Å². The summed E-state index contributed by atoms with van der Waals surface area (Å²) in [6.45, 7) is 4.49. The Morgan fingerprint density at radius 2 is 1.91 bits per heavy atom. The number of hydrogen-bond acceptors (Lipinski definition) is 4. The van der Waals surface area contributed by atoms with Gasteiger partial charge in [0.2, 0.25) is 0 Å². The van der Waals surface area contributed by atoms with Crippen molar-refractivity contribution < 1.29 is 18.9 Å². The van der Waals surface area contributed by atoms with Gasteiger partial charge in [-0.15, -0.1) is 0 Å². The Bertz CT molecular complexity index is 1110. The minimum Gasteiger partial charge on any atom is -0.497 e. The molecule has 0 heterocycles.